The third-order valence-electron chi connectivity index (χ3n) is 3.77. The van der Waals surface area contributed by atoms with Crippen LogP contribution in [0.1, 0.15) is 32.8 Å². The number of benzene rings is 1. The number of methoxy groups -OCH3 is 1. The molecule has 28 heavy (non-hydrogen) atoms. The fourth-order valence-electron chi connectivity index (χ4n) is 2.53. The minimum atomic E-state index is -0.868. The predicted octanol–water partition coefficient (Wildman–Crippen LogP) is 0.652. The van der Waals surface area contributed by atoms with E-state index in [1.165, 1.54) is 14.0 Å². The van der Waals surface area contributed by atoms with Gasteiger partial charge in [0.05, 0.1) is 7.11 Å². The first kappa shape index (κ1) is 22.9. The summed E-state index contributed by atoms with van der Waals surface area (Å²) < 4.78 is 4.67. The SMILES string of the molecule is COC(=O)C(CC(C)C)NC(=O)NNC(=O)C(Cc1ccccc1)NC(C)=O. The number of rotatable bonds is 8. The zero-order valence-electron chi connectivity index (χ0n) is 16.6. The van der Waals surface area contributed by atoms with E-state index < -0.39 is 30.0 Å². The number of nitrogens with one attached hydrogen (secondary N) is 4. The molecule has 0 aromatic heterocycles. The monoisotopic (exact) mass is 392 g/mol. The fraction of sp³-hybridized carbons (Fsp3) is 0.474. The van der Waals surface area contributed by atoms with Crippen LogP contribution in [0.5, 0.6) is 0 Å². The molecule has 0 saturated carbocycles. The average Bonchev–Trinajstić information content (AvgIpc) is 2.64. The largest absolute Gasteiger partial charge is 0.467 e. The minimum Gasteiger partial charge on any atom is -0.467 e. The van der Waals surface area contributed by atoms with Crippen molar-refractivity contribution < 1.29 is 23.9 Å². The molecular weight excluding hydrogens is 364 g/mol. The maximum atomic E-state index is 12.4. The maximum absolute atomic E-state index is 12.4. The first-order valence-corrected chi connectivity index (χ1v) is 8.98. The molecule has 2 unspecified atom stereocenters. The molecule has 4 amide bonds. The summed E-state index contributed by atoms with van der Waals surface area (Å²) in [7, 11) is 1.23. The summed E-state index contributed by atoms with van der Waals surface area (Å²) in [5, 5.41) is 5.01. The highest BCUT2D eigenvalue weighted by Crippen LogP contribution is 2.06. The van der Waals surface area contributed by atoms with Gasteiger partial charge >= 0.3 is 12.0 Å². The van der Waals surface area contributed by atoms with Crippen LogP contribution < -0.4 is 21.5 Å². The molecular formula is C19H28N4O5. The van der Waals surface area contributed by atoms with Gasteiger partial charge in [-0.15, -0.1) is 0 Å². The Hall–Kier alpha value is -3.10. The van der Waals surface area contributed by atoms with Gasteiger partial charge in [0.15, 0.2) is 0 Å². The molecule has 0 radical (unpaired) electrons. The number of carbonyl (C=O) groups is 4. The molecule has 0 aliphatic rings. The first-order valence-electron chi connectivity index (χ1n) is 8.98. The van der Waals surface area contributed by atoms with E-state index in [9.17, 15) is 19.2 Å². The van der Waals surface area contributed by atoms with Gasteiger partial charge < -0.3 is 15.4 Å². The van der Waals surface area contributed by atoms with Gasteiger partial charge in [-0.2, -0.15) is 0 Å². The topological polar surface area (TPSA) is 126 Å². The number of hydrogen-bond donors (Lipinski definition) is 4. The van der Waals surface area contributed by atoms with Crippen molar-refractivity contribution in [3.63, 3.8) is 0 Å². The second-order valence-electron chi connectivity index (χ2n) is 6.74. The van der Waals surface area contributed by atoms with Gasteiger partial charge in [-0.3, -0.25) is 15.0 Å². The molecule has 9 heteroatoms. The Morgan fingerprint density at radius 3 is 2.14 bits per heavy atom. The van der Waals surface area contributed by atoms with Crippen LogP contribution in [-0.4, -0.2) is 43.0 Å². The lowest BCUT2D eigenvalue weighted by Gasteiger charge is -2.20. The van der Waals surface area contributed by atoms with E-state index in [0.717, 1.165) is 5.56 Å². The number of hydrazine groups is 1. The molecule has 9 nitrogen and oxygen atoms in total. The summed E-state index contributed by atoms with van der Waals surface area (Å²) in [4.78, 5) is 47.6. The van der Waals surface area contributed by atoms with Crippen molar-refractivity contribution in [3.8, 4) is 0 Å². The zero-order valence-corrected chi connectivity index (χ0v) is 16.6. The highest BCUT2D eigenvalue weighted by atomic mass is 16.5. The van der Waals surface area contributed by atoms with E-state index in [2.05, 4.69) is 26.2 Å². The lowest BCUT2D eigenvalue weighted by Crippen LogP contribution is -2.56. The number of urea groups is 1. The molecule has 2 atom stereocenters. The van der Waals surface area contributed by atoms with Crippen LogP contribution in [0.3, 0.4) is 0 Å². The Bertz CT molecular complexity index is 678. The highest BCUT2D eigenvalue weighted by Gasteiger charge is 2.24. The maximum Gasteiger partial charge on any atom is 0.334 e. The molecule has 154 valence electrons. The van der Waals surface area contributed by atoms with Crippen LogP contribution in [0.15, 0.2) is 30.3 Å². The Labute approximate surface area is 164 Å². The summed E-state index contributed by atoms with van der Waals surface area (Å²) in [6, 6.07) is 6.69. The summed E-state index contributed by atoms with van der Waals surface area (Å²) >= 11 is 0. The van der Waals surface area contributed by atoms with Gasteiger partial charge in [-0.1, -0.05) is 44.2 Å². The van der Waals surface area contributed by atoms with E-state index in [-0.39, 0.29) is 18.2 Å². The second-order valence-corrected chi connectivity index (χ2v) is 6.74. The molecule has 0 spiro atoms. The zero-order chi connectivity index (χ0) is 21.1. The van der Waals surface area contributed by atoms with E-state index in [4.69, 9.17) is 0 Å². The molecule has 0 aliphatic carbocycles. The average molecular weight is 392 g/mol. The molecule has 0 heterocycles. The number of amides is 4. The van der Waals surface area contributed by atoms with Crippen molar-refractivity contribution in [1.29, 1.82) is 0 Å². The Morgan fingerprint density at radius 2 is 1.61 bits per heavy atom. The quantitative estimate of drug-likeness (QED) is 0.382. The summed E-state index contributed by atoms with van der Waals surface area (Å²) in [5.74, 6) is -1.39. The van der Waals surface area contributed by atoms with Crippen LogP contribution in [0.2, 0.25) is 0 Å². The van der Waals surface area contributed by atoms with Gasteiger partial charge in [0.25, 0.3) is 5.91 Å². The number of ether oxygens (including phenoxy) is 1. The van der Waals surface area contributed by atoms with Gasteiger partial charge in [-0.25, -0.2) is 15.0 Å². The molecule has 0 saturated heterocycles. The molecule has 0 fully saturated rings. The third-order valence-corrected chi connectivity index (χ3v) is 3.77. The summed E-state index contributed by atoms with van der Waals surface area (Å²) in [6.45, 7) is 5.11. The number of carbonyl (C=O) groups excluding carboxylic acids is 4. The van der Waals surface area contributed by atoms with Crippen LogP contribution in [0.4, 0.5) is 4.79 Å². The number of esters is 1. The van der Waals surface area contributed by atoms with Crippen LogP contribution in [0.25, 0.3) is 0 Å². The van der Waals surface area contributed by atoms with Crippen molar-refractivity contribution in [2.24, 2.45) is 5.92 Å². The molecule has 0 aliphatic heterocycles. The molecule has 0 bridgehead atoms. The van der Waals surface area contributed by atoms with E-state index in [1.807, 2.05) is 44.2 Å². The summed E-state index contributed by atoms with van der Waals surface area (Å²) in [5.41, 5.74) is 5.30. The van der Waals surface area contributed by atoms with Crippen LogP contribution in [-0.2, 0) is 25.5 Å². The van der Waals surface area contributed by atoms with Crippen LogP contribution in [0, 0.1) is 5.92 Å². The summed E-state index contributed by atoms with van der Waals surface area (Å²) in [6.07, 6.45) is 0.643. The van der Waals surface area contributed by atoms with Gasteiger partial charge in [-0.05, 0) is 17.9 Å². The second kappa shape index (κ2) is 11.6. The van der Waals surface area contributed by atoms with E-state index >= 15 is 0 Å². The molecule has 1 aromatic carbocycles. The van der Waals surface area contributed by atoms with Gasteiger partial charge in [0.1, 0.15) is 12.1 Å². The Kier molecular flexibility index (Phi) is 9.49. The standard InChI is InChI=1S/C19H28N4O5/c1-12(2)10-16(18(26)28-4)21-19(27)23-22-17(25)15(20-13(3)24)11-14-8-6-5-7-9-14/h5-9,12,15-16H,10-11H2,1-4H3,(H,20,24)(H,22,25)(H2,21,23,27). The van der Waals surface area contributed by atoms with Crippen molar-refractivity contribution in [2.75, 3.05) is 7.11 Å². The van der Waals surface area contributed by atoms with Crippen LogP contribution >= 0.6 is 0 Å². The minimum absolute atomic E-state index is 0.147. The fourth-order valence-corrected chi connectivity index (χ4v) is 2.53. The molecule has 1 aromatic rings. The lowest BCUT2D eigenvalue weighted by atomic mass is 10.0. The van der Waals surface area contributed by atoms with Crippen molar-refractivity contribution in [3.05, 3.63) is 35.9 Å². The van der Waals surface area contributed by atoms with E-state index in [0.29, 0.717) is 6.42 Å². The lowest BCUT2D eigenvalue weighted by molar-refractivity contribution is -0.143. The van der Waals surface area contributed by atoms with Crippen molar-refractivity contribution in [2.45, 2.75) is 45.7 Å². The van der Waals surface area contributed by atoms with Gasteiger partial charge in [0.2, 0.25) is 5.91 Å². The smallest absolute Gasteiger partial charge is 0.334 e. The Balaban J connectivity index is 2.65. The molecule has 4 N–H and O–H groups in total. The predicted molar refractivity (Wildman–Crippen MR) is 103 cm³/mol. The van der Waals surface area contributed by atoms with Gasteiger partial charge in [0, 0.05) is 13.3 Å². The molecule has 1 rings (SSSR count). The van der Waals surface area contributed by atoms with E-state index in [1.54, 1.807) is 0 Å². The number of hydrogen-bond acceptors (Lipinski definition) is 5. The first-order chi connectivity index (χ1) is 13.2. The highest BCUT2D eigenvalue weighted by molar-refractivity contribution is 5.89. The third kappa shape index (κ3) is 8.52. The normalized spacial score (nSPS) is 12.5. The Morgan fingerprint density at radius 1 is 0.964 bits per heavy atom. The van der Waals surface area contributed by atoms with Crippen molar-refractivity contribution >= 4 is 23.8 Å². The van der Waals surface area contributed by atoms with Crippen molar-refractivity contribution in [1.82, 2.24) is 21.5 Å².